The number of fused-ring (bicyclic) bond motifs is 1. The van der Waals surface area contributed by atoms with Crippen molar-refractivity contribution < 1.29 is 4.39 Å². The fourth-order valence-corrected chi connectivity index (χ4v) is 2.37. The maximum absolute atomic E-state index is 13.4. The van der Waals surface area contributed by atoms with Gasteiger partial charge in [0.25, 0.3) is 0 Å². The van der Waals surface area contributed by atoms with Gasteiger partial charge in [0.15, 0.2) is 5.65 Å². The molecule has 0 spiro atoms. The molecule has 0 saturated carbocycles. The molecule has 1 aromatic carbocycles. The Morgan fingerprint density at radius 2 is 1.88 bits per heavy atom. The lowest BCUT2D eigenvalue weighted by molar-refractivity contribution is 0.624. The van der Waals surface area contributed by atoms with Crippen LogP contribution in [0.1, 0.15) is 0 Å². The first-order chi connectivity index (χ1) is 12.2. The van der Waals surface area contributed by atoms with E-state index in [1.807, 2.05) is 12.1 Å². The van der Waals surface area contributed by atoms with Gasteiger partial charge in [0, 0.05) is 16.9 Å². The SMILES string of the molecule is Fc1cnc2n[nH]c(Nc3ccnc(Nc4ccc(Cl)cc4)n3)c2c1. The lowest BCUT2D eigenvalue weighted by atomic mass is 10.3. The molecule has 7 nitrogen and oxygen atoms in total. The molecule has 4 rings (SSSR count). The van der Waals surface area contributed by atoms with Crippen LogP contribution in [0.4, 0.5) is 27.7 Å². The van der Waals surface area contributed by atoms with Gasteiger partial charge in [-0.1, -0.05) is 11.6 Å². The molecule has 0 saturated heterocycles. The zero-order chi connectivity index (χ0) is 17.2. The number of benzene rings is 1. The van der Waals surface area contributed by atoms with Crippen molar-refractivity contribution in [1.29, 1.82) is 0 Å². The number of aromatic nitrogens is 5. The van der Waals surface area contributed by atoms with E-state index < -0.39 is 5.82 Å². The van der Waals surface area contributed by atoms with Crippen LogP contribution in [-0.2, 0) is 0 Å². The third-order valence-electron chi connectivity index (χ3n) is 3.39. The second-order valence-corrected chi connectivity index (χ2v) is 5.58. The maximum Gasteiger partial charge on any atom is 0.229 e. The average Bonchev–Trinajstić information content (AvgIpc) is 2.99. The van der Waals surface area contributed by atoms with Gasteiger partial charge in [-0.3, -0.25) is 5.10 Å². The van der Waals surface area contributed by atoms with Crippen molar-refractivity contribution in [1.82, 2.24) is 25.1 Å². The molecule has 4 aromatic rings. The molecule has 3 aromatic heterocycles. The Morgan fingerprint density at radius 1 is 1.04 bits per heavy atom. The van der Waals surface area contributed by atoms with E-state index in [1.165, 1.54) is 6.07 Å². The first kappa shape index (κ1) is 15.3. The van der Waals surface area contributed by atoms with Crippen LogP contribution in [0.3, 0.4) is 0 Å². The number of pyridine rings is 1. The van der Waals surface area contributed by atoms with E-state index in [0.717, 1.165) is 11.9 Å². The molecule has 25 heavy (non-hydrogen) atoms. The van der Waals surface area contributed by atoms with Crippen LogP contribution in [0.2, 0.25) is 5.02 Å². The summed E-state index contributed by atoms with van der Waals surface area (Å²) in [6.07, 6.45) is 2.72. The number of nitrogens with zero attached hydrogens (tertiary/aromatic N) is 4. The highest BCUT2D eigenvalue weighted by Gasteiger charge is 2.09. The number of aromatic amines is 1. The molecule has 3 heterocycles. The molecule has 3 N–H and O–H groups in total. The molecule has 9 heteroatoms. The van der Waals surface area contributed by atoms with E-state index in [-0.39, 0.29) is 0 Å². The van der Waals surface area contributed by atoms with E-state index in [1.54, 1.807) is 24.4 Å². The summed E-state index contributed by atoms with van der Waals surface area (Å²) in [5.41, 5.74) is 1.22. The van der Waals surface area contributed by atoms with Crippen LogP contribution in [0, 0.1) is 5.82 Å². The predicted molar refractivity (Wildman–Crippen MR) is 93.9 cm³/mol. The number of anilines is 4. The molecule has 0 aliphatic heterocycles. The van der Waals surface area contributed by atoms with E-state index in [4.69, 9.17) is 11.6 Å². The minimum absolute atomic E-state index is 0.403. The molecule has 0 aliphatic carbocycles. The molecule has 0 amide bonds. The molecule has 0 fully saturated rings. The molecular weight excluding hydrogens is 345 g/mol. The fraction of sp³-hybridized carbons (Fsp3) is 0. The summed E-state index contributed by atoms with van der Waals surface area (Å²) in [5.74, 6) is 0.976. The number of hydrogen-bond donors (Lipinski definition) is 3. The van der Waals surface area contributed by atoms with Crippen molar-refractivity contribution in [3.05, 3.63) is 59.6 Å². The molecule has 0 radical (unpaired) electrons. The highest BCUT2D eigenvalue weighted by atomic mass is 35.5. The standard InChI is InChI=1S/C16H11ClFN7/c17-9-1-3-11(4-2-9)21-16-19-6-5-13(23-16)22-15-12-7-10(18)8-20-14(12)24-25-15/h1-8H,(H3,19,20,21,22,23,24,25). The maximum atomic E-state index is 13.4. The van der Waals surface area contributed by atoms with E-state index in [9.17, 15) is 4.39 Å². The number of H-pyrrole nitrogens is 1. The zero-order valence-electron chi connectivity index (χ0n) is 12.7. The van der Waals surface area contributed by atoms with Crippen LogP contribution in [-0.4, -0.2) is 25.1 Å². The van der Waals surface area contributed by atoms with Crippen LogP contribution >= 0.6 is 11.6 Å². The normalized spacial score (nSPS) is 10.8. The van der Waals surface area contributed by atoms with Gasteiger partial charge >= 0.3 is 0 Å². The lowest BCUT2D eigenvalue weighted by Crippen LogP contribution is -2.00. The van der Waals surface area contributed by atoms with Gasteiger partial charge in [0.1, 0.15) is 17.5 Å². The molecule has 0 aliphatic rings. The topological polar surface area (TPSA) is 91.4 Å². The second kappa shape index (κ2) is 6.33. The highest BCUT2D eigenvalue weighted by molar-refractivity contribution is 6.30. The van der Waals surface area contributed by atoms with Crippen molar-refractivity contribution in [3.8, 4) is 0 Å². The first-order valence-corrected chi connectivity index (χ1v) is 7.67. The van der Waals surface area contributed by atoms with E-state index >= 15 is 0 Å². The molecule has 0 unspecified atom stereocenters. The van der Waals surface area contributed by atoms with Crippen molar-refractivity contribution >= 4 is 45.9 Å². The van der Waals surface area contributed by atoms with Crippen molar-refractivity contribution in [3.63, 3.8) is 0 Å². The largest absolute Gasteiger partial charge is 0.325 e. The average molecular weight is 356 g/mol. The van der Waals surface area contributed by atoms with E-state index in [0.29, 0.717) is 33.6 Å². The molecular formula is C16H11ClFN7. The molecule has 0 atom stereocenters. The van der Waals surface area contributed by atoms with Gasteiger partial charge in [-0.2, -0.15) is 10.1 Å². The number of halogens is 2. The minimum atomic E-state index is -0.440. The Balaban J connectivity index is 1.58. The second-order valence-electron chi connectivity index (χ2n) is 5.15. The van der Waals surface area contributed by atoms with Gasteiger partial charge in [-0.25, -0.2) is 14.4 Å². The molecule has 124 valence electrons. The van der Waals surface area contributed by atoms with Gasteiger partial charge in [0.05, 0.1) is 11.6 Å². The van der Waals surface area contributed by atoms with Gasteiger partial charge < -0.3 is 10.6 Å². The monoisotopic (exact) mass is 355 g/mol. The Morgan fingerprint density at radius 3 is 2.72 bits per heavy atom. The summed E-state index contributed by atoms with van der Waals surface area (Å²) in [6.45, 7) is 0. The summed E-state index contributed by atoms with van der Waals surface area (Å²) in [7, 11) is 0. The van der Waals surface area contributed by atoms with Gasteiger partial charge in [0.2, 0.25) is 5.95 Å². The Kier molecular flexibility index (Phi) is 3.87. The van der Waals surface area contributed by atoms with E-state index in [2.05, 4.69) is 35.8 Å². The third-order valence-corrected chi connectivity index (χ3v) is 3.64. The summed E-state index contributed by atoms with van der Waals surface area (Å²) in [6, 6.07) is 10.2. The Hall–Kier alpha value is -3.26. The number of nitrogens with one attached hydrogen (secondary N) is 3. The van der Waals surface area contributed by atoms with Crippen LogP contribution in [0.15, 0.2) is 48.8 Å². The zero-order valence-corrected chi connectivity index (χ0v) is 13.4. The van der Waals surface area contributed by atoms with Crippen LogP contribution in [0.25, 0.3) is 11.0 Å². The minimum Gasteiger partial charge on any atom is -0.325 e. The van der Waals surface area contributed by atoms with Gasteiger partial charge in [-0.15, -0.1) is 0 Å². The Bertz CT molecular complexity index is 1030. The first-order valence-electron chi connectivity index (χ1n) is 7.30. The smallest absolute Gasteiger partial charge is 0.229 e. The third kappa shape index (κ3) is 3.33. The highest BCUT2D eigenvalue weighted by Crippen LogP contribution is 2.23. The van der Waals surface area contributed by atoms with Crippen molar-refractivity contribution in [2.45, 2.75) is 0 Å². The Labute approximate surface area is 146 Å². The number of rotatable bonds is 4. The fourth-order valence-electron chi connectivity index (χ4n) is 2.25. The van der Waals surface area contributed by atoms with Gasteiger partial charge in [-0.05, 0) is 36.4 Å². The van der Waals surface area contributed by atoms with Crippen LogP contribution in [0.5, 0.6) is 0 Å². The summed E-state index contributed by atoms with van der Waals surface area (Å²) < 4.78 is 13.4. The van der Waals surface area contributed by atoms with Crippen molar-refractivity contribution in [2.24, 2.45) is 0 Å². The summed E-state index contributed by atoms with van der Waals surface area (Å²) in [4.78, 5) is 12.4. The summed E-state index contributed by atoms with van der Waals surface area (Å²) in [5, 5.41) is 14.1. The van der Waals surface area contributed by atoms with Crippen molar-refractivity contribution in [2.75, 3.05) is 10.6 Å². The summed E-state index contributed by atoms with van der Waals surface area (Å²) >= 11 is 5.87. The number of hydrogen-bond acceptors (Lipinski definition) is 6. The molecule has 0 bridgehead atoms. The van der Waals surface area contributed by atoms with Crippen LogP contribution < -0.4 is 10.6 Å². The predicted octanol–water partition coefficient (Wildman–Crippen LogP) is 4.03. The quantitative estimate of drug-likeness (QED) is 0.512. The lowest BCUT2D eigenvalue weighted by Gasteiger charge is -2.07.